The number of hydrogen-bond donors (Lipinski definition) is 2. The van der Waals surface area contributed by atoms with Crippen molar-refractivity contribution in [3.63, 3.8) is 0 Å². The normalized spacial score (nSPS) is 18.6. The maximum atomic E-state index is 5.38. The van der Waals surface area contributed by atoms with Gasteiger partial charge in [0.25, 0.3) is 0 Å². The van der Waals surface area contributed by atoms with Gasteiger partial charge in [0.15, 0.2) is 0 Å². The molecule has 2 atom stereocenters. The standard InChI is InChI=1S/C17H22N2O/c1-13(11-15-5-4-10-20-15)18-9-8-14-12-19-17-7-3-2-6-16(14)17/h2-7,10,13-14,18-19H,8-9,11-12H2,1H3. The molecular formula is C17H22N2O. The number of furan rings is 1. The summed E-state index contributed by atoms with van der Waals surface area (Å²) in [4.78, 5) is 0. The fourth-order valence-corrected chi connectivity index (χ4v) is 2.92. The number of rotatable bonds is 6. The van der Waals surface area contributed by atoms with Crippen molar-refractivity contribution in [2.24, 2.45) is 0 Å². The van der Waals surface area contributed by atoms with Crippen LogP contribution in [0.1, 0.15) is 30.6 Å². The van der Waals surface area contributed by atoms with E-state index in [0.717, 1.165) is 25.3 Å². The third-order valence-corrected chi connectivity index (χ3v) is 4.01. The van der Waals surface area contributed by atoms with E-state index in [4.69, 9.17) is 4.42 Å². The van der Waals surface area contributed by atoms with Crippen LogP contribution >= 0.6 is 0 Å². The van der Waals surface area contributed by atoms with Crippen molar-refractivity contribution in [3.8, 4) is 0 Å². The lowest BCUT2D eigenvalue weighted by Crippen LogP contribution is -2.29. The minimum absolute atomic E-state index is 0.450. The summed E-state index contributed by atoms with van der Waals surface area (Å²) in [6.45, 7) is 4.32. The number of benzene rings is 1. The molecule has 20 heavy (non-hydrogen) atoms. The Morgan fingerprint density at radius 2 is 2.20 bits per heavy atom. The maximum Gasteiger partial charge on any atom is 0.105 e. The molecule has 0 saturated heterocycles. The van der Waals surface area contributed by atoms with E-state index in [1.54, 1.807) is 6.26 Å². The number of anilines is 1. The van der Waals surface area contributed by atoms with Gasteiger partial charge in [-0.05, 0) is 43.7 Å². The Labute approximate surface area is 120 Å². The molecule has 0 saturated carbocycles. The topological polar surface area (TPSA) is 37.2 Å². The zero-order valence-corrected chi connectivity index (χ0v) is 11.9. The number of fused-ring (bicyclic) bond motifs is 1. The highest BCUT2D eigenvalue weighted by Crippen LogP contribution is 2.32. The molecular weight excluding hydrogens is 248 g/mol. The molecule has 2 heterocycles. The van der Waals surface area contributed by atoms with E-state index in [-0.39, 0.29) is 0 Å². The summed E-state index contributed by atoms with van der Waals surface area (Å²) in [5.74, 6) is 1.69. The molecule has 0 radical (unpaired) electrons. The first-order chi connectivity index (χ1) is 9.83. The SMILES string of the molecule is CC(Cc1ccco1)NCCC1CNc2ccccc21. The lowest BCUT2D eigenvalue weighted by atomic mass is 9.98. The van der Waals surface area contributed by atoms with Crippen LogP contribution in [-0.2, 0) is 6.42 Å². The average molecular weight is 270 g/mol. The van der Waals surface area contributed by atoms with Gasteiger partial charge in [0.05, 0.1) is 6.26 Å². The van der Waals surface area contributed by atoms with E-state index >= 15 is 0 Å². The van der Waals surface area contributed by atoms with Crippen molar-refractivity contribution in [2.75, 3.05) is 18.4 Å². The van der Waals surface area contributed by atoms with Crippen LogP contribution in [0.25, 0.3) is 0 Å². The van der Waals surface area contributed by atoms with E-state index in [9.17, 15) is 0 Å². The van der Waals surface area contributed by atoms with Gasteiger partial charge in [-0.3, -0.25) is 0 Å². The zero-order valence-electron chi connectivity index (χ0n) is 11.9. The Morgan fingerprint density at radius 1 is 1.30 bits per heavy atom. The van der Waals surface area contributed by atoms with Crippen molar-refractivity contribution >= 4 is 5.69 Å². The van der Waals surface area contributed by atoms with E-state index in [2.05, 4.69) is 41.8 Å². The van der Waals surface area contributed by atoms with E-state index in [1.165, 1.54) is 17.7 Å². The summed E-state index contributed by atoms with van der Waals surface area (Å²) in [6.07, 6.45) is 3.86. The van der Waals surface area contributed by atoms with Gasteiger partial charge < -0.3 is 15.1 Å². The van der Waals surface area contributed by atoms with Crippen molar-refractivity contribution in [2.45, 2.75) is 31.7 Å². The molecule has 0 spiro atoms. The molecule has 1 aromatic carbocycles. The van der Waals surface area contributed by atoms with E-state index in [0.29, 0.717) is 12.0 Å². The van der Waals surface area contributed by atoms with Crippen LogP contribution in [-0.4, -0.2) is 19.1 Å². The molecule has 0 bridgehead atoms. The fourth-order valence-electron chi connectivity index (χ4n) is 2.92. The highest BCUT2D eigenvalue weighted by atomic mass is 16.3. The van der Waals surface area contributed by atoms with Crippen LogP contribution in [0.2, 0.25) is 0 Å². The summed E-state index contributed by atoms with van der Waals surface area (Å²) < 4.78 is 5.38. The Morgan fingerprint density at radius 3 is 3.05 bits per heavy atom. The van der Waals surface area contributed by atoms with Crippen LogP contribution in [0.4, 0.5) is 5.69 Å². The van der Waals surface area contributed by atoms with Gasteiger partial charge in [0.2, 0.25) is 0 Å². The van der Waals surface area contributed by atoms with Crippen LogP contribution < -0.4 is 10.6 Å². The molecule has 0 aliphatic carbocycles. The largest absolute Gasteiger partial charge is 0.469 e. The smallest absolute Gasteiger partial charge is 0.105 e. The second-order valence-electron chi connectivity index (χ2n) is 5.59. The van der Waals surface area contributed by atoms with Gasteiger partial charge in [0.1, 0.15) is 5.76 Å². The second kappa shape index (κ2) is 6.14. The molecule has 2 aromatic rings. The molecule has 0 fully saturated rings. The molecule has 1 aliphatic rings. The Balaban J connectivity index is 1.44. The first-order valence-corrected chi connectivity index (χ1v) is 7.41. The first kappa shape index (κ1) is 13.3. The Bertz CT molecular complexity index is 536. The number of nitrogens with one attached hydrogen (secondary N) is 2. The molecule has 3 heteroatoms. The highest BCUT2D eigenvalue weighted by molar-refractivity contribution is 5.57. The quantitative estimate of drug-likeness (QED) is 0.844. The minimum Gasteiger partial charge on any atom is -0.469 e. The van der Waals surface area contributed by atoms with Gasteiger partial charge in [0, 0.05) is 30.6 Å². The maximum absolute atomic E-state index is 5.38. The first-order valence-electron chi connectivity index (χ1n) is 7.41. The van der Waals surface area contributed by atoms with Crippen LogP contribution in [0.5, 0.6) is 0 Å². The summed E-state index contributed by atoms with van der Waals surface area (Å²) in [6, 6.07) is 13.1. The molecule has 3 rings (SSSR count). The predicted octanol–water partition coefficient (Wildman–Crippen LogP) is 3.40. The highest BCUT2D eigenvalue weighted by Gasteiger charge is 2.20. The molecule has 1 aromatic heterocycles. The van der Waals surface area contributed by atoms with Crippen LogP contribution in [0.15, 0.2) is 47.1 Å². The monoisotopic (exact) mass is 270 g/mol. The second-order valence-corrected chi connectivity index (χ2v) is 5.59. The molecule has 0 amide bonds. The summed E-state index contributed by atoms with van der Waals surface area (Å²) in [7, 11) is 0. The van der Waals surface area contributed by atoms with Gasteiger partial charge in [-0.2, -0.15) is 0 Å². The van der Waals surface area contributed by atoms with E-state index < -0.39 is 0 Å². The number of hydrogen-bond acceptors (Lipinski definition) is 3. The molecule has 106 valence electrons. The van der Waals surface area contributed by atoms with Crippen molar-refractivity contribution in [1.82, 2.24) is 5.32 Å². The Hall–Kier alpha value is -1.74. The average Bonchev–Trinajstić information content (AvgIpc) is 3.09. The summed E-state index contributed by atoms with van der Waals surface area (Å²) >= 11 is 0. The fraction of sp³-hybridized carbons (Fsp3) is 0.412. The third kappa shape index (κ3) is 3.05. The van der Waals surface area contributed by atoms with Gasteiger partial charge in [-0.25, -0.2) is 0 Å². The predicted molar refractivity (Wildman–Crippen MR) is 82.2 cm³/mol. The van der Waals surface area contributed by atoms with Crippen molar-refractivity contribution in [1.29, 1.82) is 0 Å². The zero-order chi connectivity index (χ0) is 13.8. The van der Waals surface area contributed by atoms with Gasteiger partial charge in [-0.1, -0.05) is 18.2 Å². The minimum atomic E-state index is 0.450. The van der Waals surface area contributed by atoms with Crippen molar-refractivity contribution in [3.05, 3.63) is 54.0 Å². The van der Waals surface area contributed by atoms with Crippen molar-refractivity contribution < 1.29 is 4.42 Å². The molecule has 2 N–H and O–H groups in total. The number of para-hydroxylation sites is 1. The lowest BCUT2D eigenvalue weighted by Gasteiger charge is -2.15. The molecule has 2 unspecified atom stereocenters. The summed E-state index contributed by atoms with van der Waals surface area (Å²) in [5, 5.41) is 7.07. The molecule has 1 aliphatic heterocycles. The van der Waals surface area contributed by atoms with Gasteiger partial charge in [-0.15, -0.1) is 0 Å². The van der Waals surface area contributed by atoms with Crippen LogP contribution in [0, 0.1) is 0 Å². The third-order valence-electron chi connectivity index (χ3n) is 4.01. The molecule has 3 nitrogen and oxygen atoms in total. The van der Waals surface area contributed by atoms with Gasteiger partial charge >= 0.3 is 0 Å². The van der Waals surface area contributed by atoms with E-state index in [1.807, 2.05) is 12.1 Å². The summed E-state index contributed by atoms with van der Waals surface area (Å²) in [5.41, 5.74) is 2.77. The Kier molecular flexibility index (Phi) is 4.07. The lowest BCUT2D eigenvalue weighted by molar-refractivity contribution is 0.449. The van der Waals surface area contributed by atoms with Crippen LogP contribution in [0.3, 0.4) is 0 Å².